The molecule has 0 radical (unpaired) electrons. The van der Waals surface area contributed by atoms with Gasteiger partial charge in [0, 0.05) is 23.2 Å². The largest absolute Gasteiger partial charge is 0.458 e. The molecule has 0 N–H and O–H groups in total. The number of hydrogen-bond acceptors (Lipinski definition) is 7. The molecule has 40 heavy (non-hydrogen) atoms. The van der Waals surface area contributed by atoms with Gasteiger partial charge < -0.3 is 13.8 Å². The Kier molecular flexibility index (Phi) is 6.53. The van der Waals surface area contributed by atoms with Crippen molar-refractivity contribution in [3.63, 3.8) is 0 Å². The van der Waals surface area contributed by atoms with E-state index in [2.05, 4.69) is 19.9 Å². The van der Waals surface area contributed by atoms with Crippen molar-refractivity contribution in [1.82, 2.24) is 9.55 Å². The van der Waals surface area contributed by atoms with E-state index in [-0.39, 0.29) is 25.2 Å². The van der Waals surface area contributed by atoms with Crippen molar-refractivity contribution in [1.29, 1.82) is 0 Å². The van der Waals surface area contributed by atoms with Gasteiger partial charge in [0.2, 0.25) is 0 Å². The summed E-state index contributed by atoms with van der Waals surface area (Å²) in [6.45, 7) is 7.50. The number of nitrogens with zero attached hydrogens (tertiary/aromatic N) is 2. The highest BCUT2D eigenvalue weighted by Crippen LogP contribution is 2.54. The number of carbonyl (C=O) groups is 1. The maximum Gasteiger partial charge on any atom is 0.344 e. The molecule has 2 aromatic carbocycles. The first-order valence-electron chi connectivity index (χ1n) is 13.5. The van der Waals surface area contributed by atoms with E-state index in [4.69, 9.17) is 18.8 Å². The summed E-state index contributed by atoms with van der Waals surface area (Å²) in [6, 6.07) is 17.3. The molecule has 206 valence electrons. The number of fused-ring (bicyclic) bond motifs is 5. The molecule has 6 rings (SSSR count). The lowest BCUT2D eigenvalue weighted by Gasteiger charge is -2.37. The van der Waals surface area contributed by atoms with Crippen LogP contribution >= 0.6 is 7.60 Å². The quantitative estimate of drug-likeness (QED) is 0.178. The van der Waals surface area contributed by atoms with Crippen LogP contribution < -0.4 is 5.56 Å². The van der Waals surface area contributed by atoms with Gasteiger partial charge in [0.15, 0.2) is 5.60 Å². The van der Waals surface area contributed by atoms with Crippen molar-refractivity contribution in [2.24, 2.45) is 0 Å². The third-order valence-electron chi connectivity index (χ3n) is 7.91. The number of hydrogen-bond donors (Lipinski definition) is 0. The number of esters is 1. The summed E-state index contributed by atoms with van der Waals surface area (Å²) in [5, 5.41) is 1.08. The van der Waals surface area contributed by atoms with Crippen LogP contribution in [0.1, 0.15) is 53.6 Å². The second-order valence-corrected chi connectivity index (χ2v) is 12.5. The first kappa shape index (κ1) is 26.6. The third-order valence-corrected chi connectivity index (χ3v) is 9.15. The number of ether oxygens (including phenoxy) is 1. The van der Waals surface area contributed by atoms with Crippen LogP contribution in [0.3, 0.4) is 0 Å². The van der Waals surface area contributed by atoms with E-state index in [1.165, 1.54) is 6.66 Å². The predicted molar refractivity (Wildman–Crippen MR) is 152 cm³/mol. The lowest BCUT2D eigenvalue weighted by atomic mass is 9.86. The highest BCUT2D eigenvalue weighted by molar-refractivity contribution is 7.53. The minimum atomic E-state index is -3.78. The molecular weight excluding hydrogens is 527 g/mol. The van der Waals surface area contributed by atoms with Crippen molar-refractivity contribution in [2.75, 3.05) is 6.66 Å². The standard InChI is InChI=1S/C31H31N2O6P/c1-5-21-22-14-19(3)12-13-26(22)32-28-23(21)16-33-27(28)15-25-24(29(33)34)18-37-30(35)31(25,6-2)39-40(4,36)38-17-20-10-8-7-9-11-20/h7-15H,5-6,16-18H2,1-4H3. The minimum Gasteiger partial charge on any atom is -0.458 e. The van der Waals surface area contributed by atoms with E-state index in [0.717, 1.165) is 45.3 Å². The summed E-state index contributed by atoms with van der Waals surface area (Å²) < 4.78 is 32.6. The molecule has 8 nitrogen and oxygen atoms in total. The summed E-state index contributed by atoms with van der Waals surface area (Å²) in [5.74, 6) is -0.688. The molecule has 2 unspecified atom stereocenters. The zero-order valence-corrected chi connectivity index (χ0v) is 23.9. The highest BCUT2D eigenvalue weighted by Gasteiger charge is 2.51. The average molecular weight is 559 g/mol. The van der Waals surface area contributed by atoms with E-state index in [1.54, 1.807) is 17.6 Å². The molecule has 4 aromatic rings. The van der Waals surface area contributed by atoms with Gasteiger partial charge in [-0.2, -0.15) is 0 Å². The summed E-state index contributed by atoms with van der Waals surface area (Å²) in [5.41, 5.74) is 4.97. The molecule has 0 aliphatic carbocycles. The molecule has 4 heterocycles. The number of cyclic esters (lactones) is 1. The zero-order valence-electron chi connectivity index (χ0n) is 23.0. The maximum atomic E-state index is 13.9. The Bertz CT molecular complexity index is 1780. The van der Waals surface area contributed by atoms with Crippen molar-refractivity contribution < 1.29 is 23.1 Å². The van der Waals surface area contributed by atoms with Gasteiger partial charge in [0.1, 0.15) is 6.61 Å². The number of aromatic nitrogens is 2. The van der Waals surface area contributed by atoms with Gasteiger partial charge in [-0.3, -0.25) is 13.9 Å². The Morgan fingerprint density at radius 3 is 2.58 bits per heavy atom. The monoisotopic (exact) mass is 558 g/mol. The Morgan fingerprint density at radius 2 is 1.85 bits per heavy atom. The molecule has 0 saturated carbocycles. The number of rotatable bonds is 7. The predicted octanol–water partition coefficient (Wildman–Crippen LogP) is 6.01. The van der Waals surface area contributed by atoms with Gasteiger partial charge in [0.05, 0.1) is 35.6 Å². The van der Waals surface area contributed by atoms with Crippen LogP contribution in [0.4, 0.5) is 0 Å². The minimum absolute atomic E-state index is 0.0484. The fourth-order valence-electron chi connectivity index (χ4n) is 5.89. The smallest absolute Gasteiger partial charge is 0.344 e. The van der Waals surface area contributed by atoms with Gasteiger partial charge in [0.25, 0.3) is 5.56 Å². The average Bonchev–Trinajstić information content (AvgIpc) is 3.31. The zero-order chi connectivity index (χ0) is 28.2. The van der Waals surface area contributed by atoms with Crippen LogP contribution in [0.25, 0.3) is 22.3 Å². The summed E-state index contributed by atoms with van der Waals surface area (Å²) in [7, 11) is -3.78. The van der Waals surface area contributed by atoms with Crippen molar-refractivity contribution in [2.45, 2.75) is 59.0 Å². The fraction of sp³-hybridized carbons (Fsp3) is 0.323. The second-order valence-electron chi connectivity index (χ2n) is 10.5. The Hall–Kier alpha value is -3.58. The van der Waals surface area contributed by atoms with Gasteiger partial charge in [-0.25, -0.2) is 9.78 Å². The van der Waals surface area contributed by atoms with Gasteiger partial charge in [-0.05, 0) is 49.1 Å². The van der Waals surface area contributed by atoms with Crippen LogP contribution in [-0.2, 0) is 54.9 Å². The van der Waals surface area contributed by atoms with Crippen LogP contribution in [0.5, 0.6) is 0 Å². The fourth-order valence-corrected chi connectivity index (χ4v) is 7.20. The molecule has 2 aromatic heterocycles. The maximum absolute atomic E-state index is 13.9. The van der Waals surface area contributed by atoms with E-state index < -0.39 is 19.2 Å². The number of pyridine rings is 2. The Balaban J connectivity index is 1.47. The van der Waals surface area contributed by atoms with Crippen LogP contribution in [0.15, 0.2) is 59.4 Å². The number of carbonyl (C=O) groups excluding carboxylic acids is 1. The van der Waals surface area contributed by atoms with Gasteiger partial charge >= 0.3 is 13.6 Å². The van der Waals surface area contributed by atoms with Crippen molar-refractivity contribution in [3.05, 3.63) is 98.3 Å². The molecule has 2 aliphatic heterocycles. The number of aryl methyl sites for hydroxylation is 2. The van der Waals surface area contributed by atoms with E-state index in [0.29, 0.717) is 23.4 Å². The molecule has 0 fully saturated rings. The molecule has 2 atom stereocenters. The topological polar surface area (TPSA) is 96.7 Å². The molecule has 0 amide bonds. The van der Waals surface area contributed by atoms with Gasteiger partial charge in [-0.1, -0.05) is 55.8 Å². The number of benzene rings is 2. The first-order valence-corrected chi connectivity index (χ1v) is 15.5. The summed E-state index contributed by atoms with van der Waals surface area (Å²) >= 11 is 0. The highest BCUT2D eigenvalue weighted by atomic mass is 31.2. The van der Waals surface area contributed by atoms with Gasteiger partial charge in [-0.15, -0.1) is 0 Å². The summed E-state index contributed by atoms with van der Waals surface area (Å²) in [4.78, 5) is 32.2. The molecule has 0 spiro atoms. The van der Waals surface area contributed by atoms with Crippen LogP contribution in [-0.4, -0.2) is 22.2 Å². The van der Waals surface area contributed by atoms with E-state index >= 15 is 0 Å². The molecule has 2 aliphatic rings. The third kappa shape index (κ3) is 4.22. The summed E-state index contributed by atoms with van der Waals surface area (Å²) in [6.07, 6.45) is 0.889. The molecule has 9 heteroatoms. The Labute approximate surface area is 232 Å². The molecule has 0 bridgehead atoms. The first-order chi connectivity index (χ1) is 19.2. The molecular formula is C31H31N2O6P. The van der Waals surface area contributed by atoms with Crippen molar-refractivity contribution >= 4 is 24.5 Å². The van der Waals surface area contributed by atoms with E-state index in [1.807, 2.05) is 42.5 Å². The van der Waals surface area contributed by atoms with E-state index in [9.17, 15) is 14.2 Å². The van der Waals surface area contributed by atoms with Crippen LogP contribution in [0.2, 0.25) is 0 Å². The van der Waals surface area contributed by atoms with Crippen molar-refractivity contribution in [3.8, 4) is 11.4 Å². The lowest BCUT2D eigenvalue weighted by molar-refractivity contribution is -0.169. The Morgan fingerprint density at radius 1 is 1.07 bits per heavy atom. The normalized spacial score (nSPS) is 19.1. The SMILES string of the molecule is CCc1c2c(nc3ccc(C)cc13)-c1cc3c(c(=O)n1C2)COC(=O)C3(CC)OP(C)(=O)OCc1ccccc1. The van der Waals surface area contributed by atoms with Crippen LogP contribution in [0, 0.1) is 6.92 Å². The molecule has 0 saturated heterocycles. The lowest BCUT2D eigenvalue weighted by Crippen LogP contribution is -2.46. The second kappa shape index (κ2) is 9.81.